The first-order chi connectivity index (χ1) is 14.0. The van der Waals surface area contributed by atoms with Crippen molar-refractivity contribution in [3.8, 4) is 22.5 Å². The van der Waals surface area contributed by atoms with Crippen molar-refractivity contribution < 1.29 is 23.9 Å². The summed E-state index contributed by atoms with van der Waals surface area (Å²) >= 11 is 0. The number of pyridine rings is 1. The smallest absolute Gasteiger partial charge is 0.290 e. The molecule has 4 rings (SSSR count). The highest BCUT2D eigenvalue weighted by molar-refractivity contribution is 5.78. The molecule has 1 fully saturated rings. The zero-order valence-corrected chi connectivity index (χ0v) is 15.1. The molecule has 0 saturated carbocycles. The summed E-state index contributed by atoms with van der Waals surface area (Å²) in [5, 5.41) is 20.6. The van der Waals surface area contributed by atoms with E-state index in [9.17, 15) is 19.6 Å². The zero-order valence-electron chi connectivity index (χ0n) is 15.1. The third-order valence-electron chi connectivity index (χ3n) is 4.72. The summed E-state index contributed by atoms with van der Waals surface area (Å²) in [5.41, 5.74) is 0.966. The van der Waals surface area contributed by atoms with Crippen molar-refractivity contribution in [2.45, 2.75) is 11.8 Å². The second-order valence-electron chi connectivity index (χ2n) is 6.68. The predicted octanol–water partition coefficient (Wildman–Crippen LogP) is 2.33. The Morgan fingerprint density at radius 1 is 1.17 bits per heavy atom. The van der Waals surface area contributed by atoms with Crippen molar-refractivity contribution in [2.24, 2.45) is 0 Å². The Balaban J connectivity index is 1.69. The van der Waals surface area contributed by atoms with Gasteiger partial charge in [-0.1, -0.05) is 0 Å². The molecular formula is C19H17FN4O5. The molecule has 1 aromatic carbocycles. The standard InChI is InChI=1S/C19H17FN4O5/c20-14-3-1-12(2-4-14)15-16(13-5-7-21-8-6-13)23-17(22-15)18-28-10-19(9-25,11-29-18)24(26)27/h1-8,18,25H,9-11H2,(H,22,23). The molecule has 0 radical (unpaired) electrons. The molecule has 150 valence electrons. The topological polar surface area (TPSA) is 123 Å². The van der Waals surface area contributed by atoms with Gasteiger partial charge in [0.15, 0.2) is 5.82 Å². The number of hydrogen-bond acceptors (Lipinski definition) is 7. The highest BCUT2D eigenvalue weighted by atomic mass is 19.1. The lowest BCUT2D eigenvalue weighted by molar-refractivity contribution is -0.595. The van der Waals surface area contributed by atoms with Gasteiger partial charge in [-0.2, -0.15) is 0 Å². The molecule has 3 aromatic rings. The maximum atomic E-state index is 13.3. The van der Waals surface area contributed by atoms with E-state index >= 15 is 0 Å². The molecule has 0 spiro atoms. The number of aliphatic hydroxyl groups excluding tert-OH is 1. The fraction of sp³-hybridized carbons (Fsp3) is 0.263. The number of halogens is 1. The van der Waals surface area contributed by atoms with Gasteiger partial charge in [-0.25, -0.2) is 9.37 Å². The minimum absolute atomic E-state index is 0.311. The number of aromatic nitrogens is 3. The molecule has 0 aliphatic carbocycles. The molecule has 0 amide bonds. The van der Waals surface area contributed by atoms with Crippen molar-refractivity contribution in [2.75, 3.05) is 19.8 Å². The highest BCUT2D eigenvalue weighted by Gasteiger charge is 2.48. The van der Waals surface area contributed by atoms with E-state index in [1.807, 2.05) is 0 Å². The van der Waals surface area contributed by atoms with Crippen LogP contribution in [-0.2, 0) is 9.47 Å². The minimum atomic E-state index is -1.70. The molecular weight excluding hydrogens is 383 g/mol. The monoisotopic (exact) mass is 400 g/mol. The number of ether oxygens (including phenoxy) is 2. The van der Waals surface area contributed by atoms with Crippen molar-refractivity contribution in [3.63, 3.8) is 0 Å². The lowest BCUT2D eigenvalue weighted by Gasteiger charge is -2.31. The van der Waals surface area contributed by atoms with Gasteiger partial charge < -0.3 is 19.6 Å². The number of nitrogens with zero attached hydrogens (tertiary/aromatic N) is 3. The molecule has 0 atom stereocenters. The fourth-order valence-corrected chi connectivity index (χ4v) is 3.01. The second kappa shape index (κ2) is 7.66. The van der Waals surface area contributed by atoms with E-state index < -0.39 is 23.4 Å². The summed E-state index contributed by atoms with van der Waals surface area (Å²) in [6.45, 7) is -1.34. The Bertz CT molecular complexity index is 1000. The van der Waals surface area contributed by atoms with Gasteiger partial charge >= 0.3 is 0 Å². The summed E-state index contributed by atoms with van der Waals surface area (Å²) in [4.78, 5) is 22.3. The van der Waals surface area contributed by atoms with Gasteiger partial charge in [-0.15, -0.1) is 0 Å². The summed E-state index contributed by atoms with van der Waals surface area (Å²) in [6.07, 6.45) is 2.29. The lowest BCUT2D eigenvalue weighted by Crippen LogP contribution is -2.54. The molecule has 9 nitrogen and oxygen atoms in total. The van der Waals surface area contributed by atoms with Crippen LogP contribution in [0.15, 0.2) is 48.8 Å². The molecule has 0 bridgehead atoms. The van der Waals surface area contributed by atoms with Crippen molar-refractivity contribution in [3.05, 3.63) is 70.5 Å². The second-order valence-corrected chi connectivity index (χ2v) is 6.68. The molecule has 29 heavy (non-hydrogen) atoms. The summed E-state index contributed by atoms with van der Waals surface area (Å²) in [5.74, 6) is -0.0555. The quantitative estimate of drug-likeness (QED) is 0.498. The fourth-order valence-electron chi connectivity index (χ4n) is 3.01. The van der Waals surface area contributed by atoms with E-state index in [1.54, 1.807) is 36.7 Å². The largest absolute Gasteiger partial charge is 0.389 e. The Labute approximate surface area is 164 Å². The van der Waals surface area contributed by atoms with Gasteiger partial charge in [0, 0.05) is 28.4 Å². The molecule has 3 heterocycles. The number of rotatable bonds is 5. The molecule has 1 aliphatic rings. The van der Waals surface area contributed by atoms with Crippen LogP contribution in [0.2, 0.25) is 0 Å². The first-order valence-corrected chi connectivity index (χ1v) is 8.77. The Kier molecular flexibility index (Phi) is 5.05. The van der Waals surface area contributed by atoms with E-state index in [1.165, 1.54) is 12.1 Å². The Morgan fingerprint density at radius 3 is 2.41 bits per heavy atom. The zero-order chi connectivity index (χ0) is 20.4. The number of nitro groups is 1. The highest BCUT2D eigenvalue weighted by Crippen LogP contribution is 2.34. The van der Waals surface area contributed by atoms with Crippen LogP contribution in [0.5, 0.6) is 0 Å². The number of H-pyrrole nitrogens is 1. The summed E-state index contributed by atoms with van der Waals surface area (Å²) in [6, 6.07) is 9.45. The van der Waals surface area contributed by atoms with Crippen LogP contribution >= 0.6 is 0 Å². The van der Waals surface area contributed by atoms with Crippen LogP contribution in [0, 0.1) is 15.9 Å². The molecule has 2 N–H and O–H groups in total. The lowest BCUT2D eigenvalue weighted by atomic mass is 10.0. The summed E-state index contributed by atoms with van der Waals surface area (Å²) in [7, 11) is 0. The van der Waals surface area contributed by atoms with Gasteiger partial charge in [0.25, 0.3) is 5.54 Å². The average molecular weight is 400 g/mol. The Hall–Kier alpha value is -3.21. The Morgan fingerprint density at radius 2 is 1.83 bits per heavy atom. The molecule has 10 heteroatoms. The van der Waals surface area contributed by atoms with Crippen LogP contribution in [-0.4, -0.2) is 50.3 Å². The van der Waals surface area contributed by atoms with E-state index in [-0.39, 0.29) is 19.0 Å². The normalized spacial score (nSPS) is 21.8. The molecule has 1 aliphatic heterocycles. The van der Waals surface area contributed by atoms with Gasteiger partial charge in [-0.05, 0) is 36.4 Å². The van der Waals surface area contributed by atoms with Crippen molar-refractivity contribution >= 4 is 0 Å². The van der Waals surface area contributed by atoms with Gasteiger partial charge in [0.2, 0.25) is 6.29 Å². The number of aromatic amines is 1. The third-order valence-corrected chi connectivity index (χ3v) is 4.72. The minimum Gasteiger partial charge on any atom is -0.389 e. The third kappa shape index (κ3) is 3.60. The van der Waals surface area contributed by atoms with Crippen LogP contribution in [0.4, 0.5) is 4.39 Å². The number of benzene rings is 1. The number of aliphatic hydroxyl groups is 1. The van der Waals surface area contributed by atoms with Crippen LogP contribution < -0.4 is 0 Å². The summed E-state index contributed by atoms with van der Waals surface area (Å²) < 4.78 is 24.3. The SMILES string of the molecule is O=[N+]([O-])C1(CO)COC(c2nc(-c3ccc(F)cc3)c(-c3ccncc3)[nH]2)OC1. The molecule has 0 unspecified atom stereocenters. The first-order valence-electron chi connectivity index (χ1n) is 8.77. The molecule has 1 saturated heterocycles. The maximum Gasteiger partial charge on any atom is 0.290 e. The predicted molar refractivity (Wildman–Crippen MR) is 98.7 cm³/mol. The van der Waals surface area contributed by atoms with Crippen molar-refractivity contribution in [1.82, 2.24) is 15.0 Å². The van der Waals surface area contributed by atoms with Crippen LogP contribution in [0.3, 0.4) is 0 Å². The van der Waals surface area contributed by atoms with Gasteiger partial charge in [0.1, 0.15) is 25.6 Å². The average Bonchev–Trinajstić information content (AvgIpc) is 3.20. The van der Waals surface area contributed by atoms with Crippen molar-refractivity contribution in [1.29, 1.82) is 0 Å². The van der Waals surface area contributed by atoms with E-state index in [0.29, 0.717) is 22.8 Å². The first kappa shape index (κ1) is 19.1. The van der Waals surface area contributed by atoms with E-state index in [2.05, 4.69) is 15.0 Å². The maximum absolute atomic E-state index is 13.3. The molecule has 2 aromatic heterocycles. The van der Waals surface area contributed by atoms with Crippen LogP contribution in [0.25, 0.3) is 22.5 Å². The van der Waals surface area contributed by atoms with Crippen LogP contribution in [0.1, 0.15) is 12.1 Å². The van der Waals surface area contributed by atoms with Gasteiger partial charge in [-0.3, -0.25) is 15.1 Å². The number of imidazole rings is 1. The number of hydrogen-bond donors (Lipinski definition) is 2. The van der Waals surface area contributed by atoms with E-state index in [0.717, 1.165) is 5.56 Å². The van der Waals surface area contributed by atoms with Gasteiger partial charge in [0.05, 0.1) is 11.4 Å². The number of nitrogens with one attached hydrogen (secondary N) is 1. The van der Waals surface area contributed by atoms with E-state index in [4.69, 9.17) is 9.47 Å².